The monoisotopic (exact) mass is 330 g/mol. The van der Waals surface area contributed by atoms with Crippen molar-refractivity contribution < 1.29 is 9.32 Å². The molecule has 0 saturated carbocycles. The van der Waals surface area contributed by atoms with Gasteiger partial charge in [0.1, 0.15) is 0 Å². The fourth-order valence-electron chi connectivity index (χ4n) is 2.89. The van der Waals surface area contributed by atoms with Gasteiger partial charge in [0.25, 0.3) is 5.91 Å². The molecule has 1 atom stereocenters. The van der Waals surface area contributed by atoms with E-state index in [1.807, 2.05) is 13.8 Å². The summed E-state index contributed by atoms with van der Waals surface area (Å²) in [5.74, 6) is 1.19. The minimum atomic E-state index is -0.233. The fraction of sp³-hybridized carbons (Fsp3) is 0.562. The molecule has 1 aliphatic heterocycles. The summed E-state index contributed by atoms with van der Waals surface area (Å²) in [6, 6.07) is -0.224. The van der Waals surface area contributed by atoms with Crippen molar-refractivity contribution >= 4 is 11.7 Å². The third-order valence-corrected chi connectivity index (χ3v) is 4.19. The topological polar surface area (TPSA) is 111 Å². The van der Waals surface area contributed by atoms with Crippen LogP contribution < -0.4 is 5.73 Å². The second-order valence-corrected chi connectivity index (χ2v) is 6.30. The normalized spacial score (nSPS) is 18.6. The molecule has 24 heavy (non-hydrogen) atoms. The van der Waals surface area contributed by atoms with Gasteiger partial charge in [-0.15, -0.1) is 0 Å². The van der Waals surface area contributed by atoms with Crippen LogP contribution in [0, 0.1) is 0 Å². The van der Waals surface area contributed by atoms with Gasteiger partial charge in [0.15, 0.2) is 17.3 Å². The number of nitrogen functional groups attached to an aromatic ring is 1. The van der Waals surface area contributed by atoms with Crippen LogP contribution in [0.2, 0.25) is 0 Å². The first-order valence-electron chi connectivity index (χ1n) is 8.29. The van der Waals surface area contributed by atoms with Gasteiger partial charge in [0.2, 0.25) is 5.89 Å². The average molecular weight is 330 g/mol. The third kappa shape index (κ3) is 3.22. The zero-order valence-electron chi connectivity index (χ0n) is 14.0. The summed E-state index contributed by atoms with van der Waals surface area (Å²) in [4.78, 5) is 27.3. The molecular formula is C16H22N6O2. The molecule has 0 spiro atoms. The van der Waals surface area contributed by atoms with Crippen LogP contribution in [0.3, 0.4) is 0 Å². The van der Waals surface area contributed by atoms with Gasteiger partial charge < -0.3 is 15.2 Å². The van der Waals surface area contributed by atoms with E-state index in [4.69, 9.17) is 10.3 Å². The van der Waals surface area contributed by atoms with Gasteiger partial charge in [-0.1, -0.05) is 31.8 Å². The number of anilines is 1. The Hall–Kier alpha value is -2.51. The van der Waals surface area contributed by atoms with E-state index in [0.29, 0.717) is 18.3 Å². The first-order valence-corrected chi connectivity index (χ1v) is 8.29. The summed E-state index contributed by atoms with van der Waals surface area (Å²) in [6.45, 7) is 4.60. The molecule has 0 aliphatic carbocycles. The summed E-state index contributed by atoms with van der Waals surface area (Å²) in [6.07, 6.45) is 6.74. The Labute approximate surface area is 140 Å². The van der Waals surface area contributed by atoms with Crippen molar-refractivity contribution in [2.45, 2.75) is 51.5 Å². The van der Waals surface area contributed by atoms with Crippen LogP contribution in [0.15, 0.2) is 16.9 Å². The molecule has 2 N–H and O–H groups in total. The molecule has 1 amide bonds. The summed E-state index contributed by atoms with van der Waals surface area (Å²) in [7, 11) is 0. The van der Waals surface area contributed by atoms with Crippen LogP contribution in [0.1, 0.15) is 73.7 Å². The quantitative estimate of drug-likeness (QED) is 0.919. The lowest BCUT2D eigenvalue weighted by molar-refractivity contribution is 0.0665. The minimum absolute atomic E-state index is 0.140. The van der Waals surface area contributed by atoms with E-state index in [1.165, 1.54) is 12.4 Å². The van der Waals surface area contributed by atoms with Crippen molar-refractivity contribution in [1.29, 1.82) is 0 Å². The molecule has 0 bridgehead atoms. The van der Waals surface area contributed by atoms with Gasteiger partial charge in [0, 0.05) is 24.9 Å². The zero-order valence-corrected chi connectivity index (χ0v) is 14.0. The van der Waals surface area contributed by atoms with Crippen LogP contribution >= 0.6 is 0 Å². The van der Waals surface area contributed by atoms with Gasteiger partial charge in [0.05, 0.1) is 6.04 Å². The molecule has 2 aromatic rings. The Morgan fingerprint density at radius 3 is 2.79 bits per heavy atom. The summed E-state index contributed by atoms with van der Waals surface area (Å²) < 4.78 is 5.33. The molecule has 0 aromatic carbocycles. The second kappa shape index (κ2) is 6.94. The van der Waals surface area contributed by atoms with Crippen LogP contribution in [0.5, 0.6) is 0 Å². The highest BCUT2D eigenvalue weighted by Gasteiger charge is 2.32. The van der Waals surface area contributed by atoms with Crippen LogP contribution in [0.25, 0.3) is 0 Å². The fourth-order valence-corrected chi connectivity index (χ4v) is 2.89. The first kappa shape index (κ1) is 16.4. The Morgan fingerprint density at radius 2 is 2.08 bits per heavy atom. The Bertz CT molecular complexity index is 714. The molecule has 3 rings (SSSR count). The number of rotatable bonds is 3. The zero-order chi connectivity index (χ0) is 17.1. The lowest BCUT2D eigenvalue weighted by atomic mass is 10.1. The number of nitrogens with two attached hydrogens (primary N) is 1. The highest BCUT2D eigenvalue weighted by atomic mass is 16.5. The van der Waals surface area contributed by atoms with Crippen molar-refractivity contribution in [3.8, 4) is 0 Å². The molecule has 128 valence electrons. The van der Waals surface area contributed by atoms with Crippen LogP contribution in [-0.4, -0.2) is 37.5 Å². The average Bonchev–Trinajstić information content (AvgIpc) is 2.93. The van der Waals surface area contributed by atoms with Crippen molar-refractivity contribution in [3.63, 3.8) is 0 Å². The second-order valence-electron chi connectivity index (χ2n) is 6.30. The highest BCUT2D eigenvalue weighted by Crippen LogP contribution is 2.30. The summed E-state index contributed by atoms with van der Waals surface area (Å²) in [5.41, 5.74) is 6.00. The van der Waals surface area contributed by atoms with Gasteiger partial charge in [-0.3, -0.25) is 4.79 Å². The molecular weight excluding hydrogens is 308 g/mol. The van der Waals surface area contributed by atoms with E-state index in [-0.39, 0.29) is 29.4 Å². The number of hydrogen-bond donors (Lipinski definition) is 1. The van der Waals surface area contributed by atoms with E-state index < -0.39 is 0 Å². The maximum atomic E-state index is 13.0. The third-order valence-electron chi connectivity index (χ3n) is 4.19. The molecule has 1 fully saturated rings. The number of amides is 1. The van der Waals surface area contributed by atoms with Gasteiger partial charge in [-0.2, -0.15) is 4.98 Å². The number of carbonyl (C=O) groups excluding carboxylic acids is 1. The van der Waals surface area contributed by atoms with E-state index in [2.05, 4.69) is 20.1 Å². The Morgan fingerprint density at radius 1 is 1.29 bits per heavy atom. The maximum absolute atomic E-state index is 13.0. The molecule has 0 unspecified atom stereocenters. The van der Waals surface area contributed by atoms with Crippen molar-refractivity contribution in [1.82, 2.24) is 25.0 Å². The Balaban J connectivity index is 1.92. The first-order chi connectivity index (χ1) is 11.6. The number of nitrogens with zero attached hydrogens (tertiary/aromatic N) is 5. The minimum Gasteiger partial charge on any atom is -0.382 e. The van der Waals surface area contributed by atoms with Crippen molar-refractivity contribution in [3.05, 3.63) is 29.8 Å². The van der Waals surface area contributed by atoms with Crippen molar-refractivity contribution in [2.75, 3.05) is 12.3 Å². The summed E-state index contributed by atoms with van der Waals surface area (Å²) >= 11 is 0. The number of carbonyl (C=O) groups is 1. The molecule has 0 radical (unpaired) electrons. The van der Waals surface area contributed by atoms with E-state index >= 15 is 0 Å². The van der Waals surface area contributed by atoms with Gasteiger partial charge >= 0.3 is 0 Å². The predicted molar refractivity (Wildman–Crippen MR) is 87.1 cm³/mol. The standard InChI is InChI=1S/C16H22N6O2/c1-10(2)15-20-14(21-24-15)11-6-4-3-5-9-22(11)16(23)12-13(17)19-8-7-18-12/h7-8,10-11H,3-6,9H2,1-2H3,(H2,17,19)/t11-/m1/s1. The Kier molecular flexibility index (Phi) is 4.73. The molecule has 2 aromatic heterocycles. The molecule has 1 aliphatic rings. The van der Waals surface area contributed by atoms with Crippen LogP contribution in [0.4, 0.5) is 5.82 Å². The molecule has 8 heteroatoms. The largest absolute Gasteiger partial charge is 0.382 e. The summed E-state index contributed by atoms with van der Waals surface area (Å²) in [5, 5.41) is 4.10. The smallest absolute Gasteiger partial charge is 0.276 e. The molecule has 1 saturated heterocycles. The van der Waals surface area contributed by atoms with Gasteiger partial charge in [-0.05, 0) is 12.8 Å². The molecule has 8 nitrogen and oxygen atoms in total. The van der Waals surface area contributed by atoms with Gasteiger partial charge in [-0.25, -0.2) is 9.97 Å². The maximum Gasteiger partial charge on any atom is 0.276 e. The SMILES string of the molecule is CC(C)c1nc([C@H]2CCCCCN2C(=O)c2nccnc2N)no1. The van der Waals surface area contributed by atoms with E-state index in [0.717, 1.165) is 25.7 Å². The molecule has 3 heterocycles. The van der Waals surface area contributed by atoms with Crippen molar-refractivity contribution in [2.24, 2.45) is 0 Å². The number of aromatic nitrogens is 4. The van der Waals surface area contributed by atoms with E-state index in [9.17, 15) is 4.79 Å². The van der Waals surface area contributed by atoms with Crippen LogP contribution in [-0.2, 0) is 0 Å². The highest BCUT2D eigenvalue weighted by molar-refractivity contribution is 5.96. The van der Waals surface area contributed by atoms with E-state index in [1.54, 1.807) is 4.90 Å². The number of likely N-dealkylation sites (tertiary alicyclic amines) is 1. The predicted octanol–water partition coefficient (Wildman–Crippen LogP) is 2.32. The lowest BCUT2D eigenvalue weighted by Gasteiger charge is -2.27. The number of hydrogen-bond acceptors (Lipinski definition) is 7. The lowest BCUT2D eigenvalue weighted by Crippen LogP contribution is -2.36.